The van der Waals surface area contributed by atoms with Gasteiger partial charge in [0, 0.05) is 32.7 Å². The van der Waals surface area contributed by atoms with E-state index in [4.69, 9.17) is 15.9 Å². The molecule has 2 aliphatic heterocycles. The second kappa shape index (κ2) is 13.2. The monoisotopic (exact) mass is 489 g/mol. The molecule has 0 spiro atoms. The molecular weight excluding hydrogens is 450 g/mol. The van der Waals surface area contributed by atoms with Gasteiger partial charge in [-0.25, -0.2) is 4.79 Å². The molecule has 2 rings (SSSR count). The molecule has 0 radical (unpaired) electrons. The van der Waals surface area contributed by atoms with Crippen molar-refractivity contribution in [2.24, 2.45) is 17.8 Å². The highest BCUT2D eigenvalue weighted by atomic mass is 16.6. The van der Waals surface area contributed by atoms with Gasteiger partial charge < -0.3 is 24.6 Å². The van der Waals surface area contributed by atoms with Gasteiger partial charge in [-0.1, -0.05) is 12.0 Å². The lowest BCUT2D eigenvalue weighted by Crippen LogP contribution is -2.46. The van der Waals surface area contributed by atoms with E-state index in [0.717, 1.165) is 19.3 Å². The van der Waals surface area contributed by atoms with Crippen molar-refractivity contribution >= 4 is 23.9 Å². The quantitative estimate of drug-likeness (QED) is 0.334. The van der Waals surface area contributed by atoms with Gasteiger partial charge in [-0.05, 0) is 65.4 Å². The minimum atomic E-state index is -0.829. The Balaban J connectivity index is 1.79. The summed E-state index contributed by atoms with van der Waals surface area (Å²) in [6.45, 7) is 9.57. The fourth-order valence-electron chi connectivity index (χ4n) is 4.12. The molecule has 0 aromatic rings. The maximum Gasteiger partial charge on any atom is 0.410 e. The first kappa shape index (κ1) is 28.2. The first-order valence-corrected chi connectivity index (χ1v) is 12.4. The summed E-state index contributed by atoms with van der Waals surface area (Å²) in [5, 5.41) is 2.73. The number of rotatable bonds is 7. The Labute approximate surface area is 208 Å². The van der Waals surface area contributed by atoms with Gasteiger partial charge in [-0.15, -0.1) is 6.42 Å². The van der Waals surface area contributed by atoms with Crippen LogP contribution in [0.5, 0.6) is 0 Å². The highest BCUT2D eigenvalue weighted by molar-refractivity contribution is 5.88. The summed E-state index contributed by atoms with van der Waals surface area (Å²) in [6.07, 6.45) is 11.5. The van der Waals surface area contributed by atoms with Crippen LogP contribution in [0, 0.1) is 30.1 Å². The van der Waals surface area contributed by atoms with Crippen LogP contribution in [0.1, 0.15) is 53.4 Å². The Hall–Kier alpha value is -3.02. The van der Waals surface area contributed by atoms with Crippen molar-refractivity contribution in [3.05, 3.63) is 12.2 Å². The summed E-state index contributed by atoms with van der Waals surface area (Å²) >= 11 is 0. The zero-order valence-corrected chi connectivity index (χ0v) is 21.4. The molecule has 2 aliphatic rings. The summed E-state index contributed by atoms with van der Waals surface area (Å²) in [6, 6.07) is 0. The zero-order valence-electron chi connectivity index (χ0n) is 21.4. The number of hydrogen-bond donors (Lipinski definition) is 1. The molecule has 35 heavy (non-hydrogen) atoms. The number of terminal acetylenes is 1. The number of ether oxygens (including phenoxy) is 2. The number of nitrogens with zero attached hydrogens (tertiary/aromatic N) is 2. The lowest BCUT2D eigenvalue weighted by Gasteiger charge is -2.33. The summed E-state index contributed by atoms with van der Waals surface area (Å²) in [4.78, 5) is 52.8. The number of carbonyl (C=O) groups excluding carboxylic acids is 4. The average molecular weight is 490 g/mol. The zero-order chi connectivity index (χ0) is 26.0. The van der Waals surface area contributed by atoms with Crippen LogP contribution in [0.3, 0.4) is 0 Å². The Bertz CT molecular complexity index is 833. The number of allylic oxidation sites excluding steroid dienone is 1. The SMILES string of the molecule is C#C[C@@H](CNC(=O)[C@@H]1CCCN(C(=O)/C=C/C2CCN(C(=O)OC(C)(C)C)CC2)C1)C(=O)OCC. The Morgan fingerprint density at radius 1 is 1.11 bits per heavy atom. The molecule has 2 atom stereocenters. The van der Waals surface area contributed by atoms with E-state index in [0.29, 0.717) is 32.6 Å². The van der Waals surface area contributed by atoms with E-state index in [2.05, 4.69) is 11.2 Å². The lowest BCUT2D eigenvalue weighted by atomic mass is 9.95. The molecule has 2 fully saturated rings. The number of piperidine rings is 2. The molecule has 1 N–H and O–H groups in total. The second-order valence-corrected chi connectivity index (χ2v) is 10.0. The van der Waals surface area contributed by atoms with Crippen LogP contribution in [0.4, 0.5) is 4.79 Å². The van der Waals surface area contributed by atoms with Crippen molar-refractivity contribution in [2.75, 3.05) is 39.3 Å². The van der Waals surface area contributed by atoms with Crippen LogP contribution in [0.25, 0.3) is 0 Å². The smallest absolute Gasteiger partial charge is 0.410 e. The fraction of sp³-hybridized carbons (Fsp3) is 0.692. The number of esters is 1. The number of likely N-dealkylation sites (tertiary alicyclic amines) is 2. The van der Waals surface area contributed by atoms with Crippen LogP contribution in [0.15, 0.2) is 12.2 Å². The molecule has 9 heteroatoms. The Morgan fingerprint density at radius 3 is 2.40 bits per heavy atom. The van der Waals surface area contributed by atoms with E-state index >= 15 is 0 Å². The number of nitrogens with one attached hydrogen (secondary N) is 1. The molecule has 3 amide bonds. The molecule has 0 unspecified atom stereocenters. The van der Waals surface area contributed by atoms with Gasteiger partial charge in [0.25, 0.3) is 0 Å². The summed E-state index contributed by atoms with van der Waals surface area (Å²) in [5.74, 6) is 0.516. The Kier molecular flexibility index (Phi) is 10.6. The van der Waals surface area contributed by atoms with Gasteiger partial charge in [0.2, 0.25) is 11.8 Å². The van der Waals surface area contributed by atoms with Crippen LogP contribution < -0.4 is 5.32 Å². The Morgan fingerprint density at radius 2 is 1.80 bits per heavy atom. The van der Waals surface area contributed by atoms with E-state index < -0.39 is 17.5 Å². The highest BCUT2D eigenvalue weighted by Gasteiger charge is 2.29. The number of amides is 3. The van der Waals surface area contributed by atoms with E-state index in [9.17, 15) is 19.2 Å². The third kappa shape index (κ3) is 9.27. The van der Waals surface area contributed by atoms with Gasteiger partial charge >= 0.3 is 12.1 Å². The van der Waals surface area contributed by atoms with Crippen molar-refractivity contribution in [3.8, 4) is 12.3 Å². The van der Waals surface area contributed by atoms with Crippen molar-refractivity contribution < 1.29 is 28.7 Å². The molecule has 0 aromatic heterocycles. The van der Waals surface area contributed by atoms with Gasteiger partial charge in [0.05, 0.1) is 12.5 Å². The van der Waals surface area contributed by atoms with E-state index in [-0.39, 0.29) is 42.9 Å². The minimum absolute atomic E-state index is 0.0144. The lowest BCUT2D eigenvalue weighted by molar-refractivity contribution is -0.145. The van der Waals surface area contributed by atoms with E-state index in [1.807, 2.05) is 26.8 Å². The minimum Gasteiger partial charge on any atom is -0.465 e. The second-order valence-electron chi connectivity index (χ2n) is 10.0. The summed E-state index contributed by atoms with van der Waals surface area (Å²) < 4.78 is 10.3. The standard InChI is InChI=1S/C26H39N3O6/c1-6-20(24(32)34-7-2)17-27-23(31)21-9-8-14-29(18-21)22(30)11-10-19-12-15-28(16-13-19)25(33)35-26(3,4)5/h1,10-11,19-21H,7-9,12-18H2,2-5H3,(H,27,31)/b11-10+/t20-,21+/m0/s1. The van der Waals surface area contributed by atoms with Crippen molar-refractivity contribution in [2.45, 2.75) is 59.0 Å². The van der Waals surface area contributed by atoms with Crippen molar-refractivity contribution in [1.82, 2.24) is 15.1 Å². The molecule has 0 aromatic carbocycles. The third-order valence-corrected chi connectivity index (χ3v) is 6.06. The average Bonchev–Trinajstić information content (AvgIpc) is 2.82. The summed E-state index contributed by atoms with van der Waals surface area (Å²) in [5.41, 5.74) is -0.520. The van der Waals surface area contributed by atoms with Gasteiger partial charge in [-0.3, -0.25) is 14.4 Å². The predicted octanol–water partition coefficient (Wildman–Crippen LogP) is 2.36. The summed E-state index contributed by atoms with van der Waals surface area (Å²) in [7, 11) is 0. The maximum absolute atomic E-state index is 12.7. The molecule has 0 saturated carbocycles. The predicted molar refractivity (Wildman–Crippen MR) is 131 cm³/mol. The van der Waals surface area contributed by atoms with Crippen LogP contribution in [-0.4, -0.2) is 78.6 Å². The maximum atomic E-state index is 12.7. The van der Waals surface area contributed by atoms with Crippen molar-refractivity contribution in [1.29, 1.82) is 0 Å². The van der Waals surface area contributed by atoms with Crippen LogP contribution in [0.2, 0.25) is 0 Å². The third-order valence-electron chi connectivity index (χ3n) is 6.06. The largest absolute Gasteiger partial charge is 0.465 e. The van der Waals surface area contributed by atoms with E-state index in [1.165, 1.54) is 0 Å². The molecule has 0 bridgehead atoms. The first-order chi connectivity index (χ1) is 16.5. The molecule has 2 saturated heterocycles. The van der Waals surface area contributed by atoms with Gasteiger partial charge in [0.15, 0.2) is 0 Å². The molecule has 9 nitrogen and oxygen atoms in total. The van der Waals surface area contributed by atoms with Crippen molar-refractivity contribution in [3.63, 3.8) is 0 Å². The van der Waals surface area contributed by atoms with Gasteiger partial charge in [0.1, 0.15) is 11.5 Å². The van der Waals surface area contributed by atoms with E-state index in [1.54, 1.807) is 22.8 Å². The topological polar surface area (TPSA) is 105 Å². The normalized spacial score (nSPS) is 20.1. The molecule has 0 aliphatic carbocycles. The fourth-order valence-corrected chi connectivity index (χ4v) is 4.12. The number of carbonyl (C=O) groups is 4. The first-order valence-electron chi connectivity index (χ1n) is 12.4. The molecular formula is C26H39N3O6. The number of hydrogen-bond acceptors (Lipinski definition) is 6. The van der Waals surface area contributed by atoms with Crippen LogP contribution >= 0.6 is 0 Å². The molecule has 2 heterocycles. The molecule has 194 valence electrons. The highest BCUT2D eigenvalue weighted by Crippen LogP contribution is 2.22. The van der Waals surface area contributed by atoms with Gasteiger partial charge in [-0.2, -0.15) is 0 Å². The van der Waals surface area contributed by atoms with Crippen LogP contribution in [-0.2, 0) is 23.9 Å².